The first-order valence-electron chi connectivity index (χ1n) is 9.47. The quantitative estimate of drug-likeness (QED) is 0.496. The molecule has 0 N–H and O–H groups in total. The Morgan fingerprint density at radius 1 is 0.519 bits per heavy atom. The van der Waals surface area contributed by atoms with Gasteiger partial charge in [0.05, 0.1) is 9.79 Å². The van der Waals surface area contributed by atoms with Crippen molar-refractivity contribution in [2.45, 2.75) is 35.5 Å². The van der Waals surface area contributed by atoms with Gasteiger partial charge in [0.25, 0.3) is 0 Å². The summed E-state index contributed by atoms with van der Waals surface area (Å²) < 4.78 is 27.5. The third-order valence-electron chi connectivity index (χ3n) is 6.25. The second-order valence-corrected chi connectivity index (χ2v) is 9.52. The Kier molecular flexibility index (Phi) is 2.97. The van der Waals surface area contributed by atoms with E-state index in [-0.39, 0.29) is 0 Å². The first-order valence-corrected chi connectivity index (χ1v) is 10.9. The van der Waals surface area contributed by atoms with Crippen molar-refractivity contribution in [2.24, 2.45) is 0 Å². The number of rotatable bonds is 2. The molecule has 27 heavy (non-hydrogen) atoms. The predicted molar refractivity (Wildman–Crippen MR) is 108 cm³/mol. The molecule has 0 unspecified atom stereocenters. The normalized spacial score (nSPS) is 15.1. The average Bonchev–Trinajstić information content (AvgIpc) is 3.29. The number of aryl methyl sites for hydroxylation is 4. The molecule has 0 saturated heterocycles. The van der Waals surface area contributed by atoms with Crippen LogP contribution in [0.2, 0.25) is 0 Å². The Hall–Kier alpha value is -2.65. The summed E-state index contributed by atoms with van der Waals surface area (Å²) in [6.45, 7) is 0. The Morgan fingerprint density at radius 2 is 0.926 bits per heavy atom. The van der Waals surface area contributed by atoms with Crippen molar-refractivity contribution in [1.29, 1.82) is 0 Å². The van der Waals surface area contributed by atoms with E-state index in [1.807, 2.05) is 48.5 Å². The maximum absolute atomic E-state index is 13.7. The molecule has 0 fully saturated rings. The van der Waals surface area contributed by atoms with Crippen molar-refractivity contribution in [3.05, 3.63) is 82.9 Å². The zero-order valence-electron chi connectivity index (χ0n) is 14.8. The van der Waals surface area contributed by atoms with Gasteiger partial charge in [-0.15, -0.1) is 0 Å². The Bertz CT molecular complexity index is 1260. The van der Waals surface area contributed by atoms with Gasteiger partial charge in [-0.2, -0.15) is 0 Å². The fourth-order valence-corrected chi connectivity index (χ4v) is 6.68. The van der Waals surface area contributed by atoms with Crippen LogP contribution in [0.5, 0.6) is 0 Å². The van der Waals surface area contributed by atoms with E-state index in [9.17, 15) is 8.42 Å². The van der Waals surface area contributed by atoms with Gasteiger partial charge in [0.1, 0.15) is 0 Å². The van der Waals surface area contributed by atoms with Gasteiger partial charge in [0.2, 0.25) is 9.84 Å². The number of benzene rings is 4. The van der Waals surface area contributed by atoms with Gasteiger partial charge < -0.3 is 0 Å². The van der Waals surface area contributed by atoms with Crippen molar-refractivity contribution in [1.82, 2.24) is 0 Å². The SMILES string of the molecule is O=S(=O)(c1ccc2c3c(cccc13)CC2)c1ccc2c3c(cccc13)CC2. The first kappa shape index (κ1) is 15.4. The predicted octanol–water partition coefficient (Wildman–Crippen LogP) is 5.02. The molecule has 4 aromatic rings. The van der Waals surface area contributed by atoms with E-state index in [1.54, 1.807) is 0 Å². The van der Waals surface area contributed by atoms with Gasteiger partial charge in [-0.05, 0) is 70.8 Å². The maximum Gasteiger partial charge on any atom is 0.207 e. The zero-order chi connectivity index (χ0) is 18.2. The molecule has 0 saturated carbocycles. The van der Waals surface area contributed by atoms with Crippen molar-refractivity contribution >= 4 is 31.4 Å². The average molecular weight is 370 g/mol. The van der Waals surface area contributed by atoms with Crippen LogP contribution < -0.4 is 0 Å². The van der Waals surface area contributed by atoms with Crippen LogP contribution >= 0.6 is 0 Å². The summed E-state index contributed by atoms with van der Waals surface area (Å²) in [5.74, 6) is 0. The summed E-state index contributed by atoms with van der Waals surface area (Å²) in [5, 5.41) is 4.02. The van der Waals surface area contributed by atoms with Crippen molar-refractivity contribution in [3.8, 4) is 0 Å². The van der Waals surface area contributed by atoms with Crippen molar-refractivity contribution in [2.75, 3.05) is 0 Å². The van der Waals surface area contributed by atoms with Crippen molar-refractivity contribution < 1.29 is 8.42 Å². The highest BCUT2D eigenvalue weighted by Crippen LogP contribution is 2.40. The summed E-state index contributed by atoms with van der Waals surface area (Å²) >= 11 is 0. The minimum atomic E-state index is -3.60. The van der Waals surface area contributed by atoms with Gasteiger partial charge in [-0.3, -0.25) is 0 Å². The number of hydrogen-bond donors (Lipinski definition) is 0. The lowest BCUT2D eigenvalue weighted by Crippen LogP contribution is -2.04. The fourth-order valence-electron chi connectivity index (χ4n) is 5.03. The third-order valence-corrected chi connectivity index (χ3v) is 8.12. The lowest BCUT2D eigenvalue weighted by atomic mass is 10.1. The van der Waals surface area contributed by atoms with E-state index >= 15 is 0 Å². The van der Waals surface area contributed by atoms with Crippen LogP contribution in [0.15, 0.2) is 70.5 Å². The molecule has 0 spiro atoms. The van der Waals surface area contributed by atoms with Crippen LogP contribution in [0.1, 0.15) is 22.3 Å². The number of hydrogen-bond acceptors (Lipinski definition) is 2. The Balaban J connectivity index is 1.69. The van der Waals surface area contributed by atoms with Gasteiger partial charge in [-0.1, -0.05) is 48.5 Å². The molecule has 0 aliphatic heterocycles. The molecule has 2 aliphatic carbocycles. The smallest absolute Gasteiger partial charge is 0.207 e. The standard InChI is InChI=1S/C24H18O2S/c25-27(26,21-13-11-17-9-7-15-3-1-5-19(21)23(15)17)22-14-12-18-10-8-16-4-2-6-20(22)24(16)18/h1-6,11-14H,7-10H2. The highest BCUT2D eigenvalue weighted by atomic mass is 32.2. The molecule has 2 nitrogen and oxygen atoms in total. The number of sulfone groups is 1. The van der Waals surface area contributed by atoms with Gasteiger partial charge in [-0.25, -0.2) is 8.42 Å². The van der Waals surface area contributed by atoms with Crippen LogP contribution in [0, 0.1) is 0 Å². The van der Waals surface area contributed by atoms with Gasteiger partial charge >= 0.3 is 0 Å². The summed E-state index contributed by atoms with van der Waals surface area (Å²) in [4.78, 5) is 0.868. The van der Waals surface area contributed by atoms with Gasteiger partial charge in [0.15, 0.2) is 0 Å². The molecule has 0 aromatic heterocycles. The third kappa shape index (κ3) is 1.98. The van der Waals surface area contributed by atoms with Crippen LogP contribution in [-0.4, -0.2) is 8.42 Å². The molecule has 132 valence electrons. The van der Waals surface area contributed by atoms with Crippen molar-refractivity contribution in [3.63, 3.8) is 0 Å². The second kappa shape index (κ2) is 5.20. The summed E-state index contributed by atoms with van der Waals surface area (Å²) in [5.41, 5.74) is 5.06. The molecule has 0 radical (unpaired) electrons. The summed E-state index contributed by atoms with van der Waals surface area (Å²) in [6, 6.07) is 19.8. The fraction of sp³-hybridized carbons (Fsp3) is 0.167. The Labute approximate surface area is 158 Å². The van der Waals surface area contributed by atoms with Crippen LogP contribution in [0.4, 0.5) is 0 Å². The molecule has 0 atom stereocenters. The van der Waals surface area contributed by atoms with Crippen LogP contribution in [0.25, 0.3) is 21.5 Å². The largest absolute Gasteiger partial charge is 0.218 e. The molecule has 6 rings (SSSR count). The minimum absolute atomic E-state index is 0.434. The molecule has 0 amide bonds. The minimum Gasteiger partial charge on any atom is -0.218 e. The van der Waals surface area contributed by atoms with E-state index < -0.39 is 9.84 Å². The van der Waals surface area contributed by atoms with E-state index in [4.69, 9.17) is 0 Å². The summed E-state index contributed by atoms with van der Waals surface area (Å²) in [6.07, 6.45) is 3.99. The lowest BCUT2D eigenvalue weighted by Gasteiger charge is -2.13. The highest BCUT2D eigenvalue weighted by molar-refractivity contribution is 7.92. The lowest BCUT2D eigenvalue weighted by molar-refractivity contribution is 0.598. The second-order valence-electron chi connectivity index (χ2n) is 7.63. The Morgan fingerprint density at radius 3 is 1.37 bits per heavy atom. The van der Waals surface area contributed by atoms with E-state index in [2.05, 4.69) is 12.1 Å². The molecule has 3 heteroatoms. The first-order chi connectivity index (χ1) is 13.1. The van der Waals surface area contributed by atoms with Gasteiger partial charge in [0, 0.05) is 10.8 Å². The topological polar surface area (TPSA) is 34.1 Å². The zero-order valence-corrected chi connectivity index (χ0v) is 15.6. The van der Waals surface area contributed by atoms with Crippen LogP contribution in [-0.2, 0) is 35.5 Å². The molecule has 4 aromatic carbocycles. The van der Waals surface area contributed by atoms with E-state index in [0.29, 0.717) is 9.79 Å². The summed E-state index contributed by atoms with van der Waals surface area (Å²) in [7, 11) is -3.60. The highest BCUT2D eigenvalue weighted by Gasteiger charge is 2.27. The monoisotopic (exact) mass is 370 g/mol. The molecular formula is C24H18O2S. The van der Waals surface area contributed by atoms with E-state index in [0.717, 1.165) is 47.2 Å². The van der Waals surface area contributed by atoms with E-state index in [1.165, 1.54) is 22.3 Å². The molecule has 2 aliphatic rings. The maximum atomic E-state index is 13.7. The van der Waals surface area contributed by atoms with Crippen LogP contribution in [0.3, 0.4) is 0 Å². The molecule has 0 heterocycles. The molecule has 0 bridgehead atoms. The molecular weight excluding hydrogens is 352 g/mol.